The van der Waals surface area contributed by atoms with E-state index in [0.29, 0.717) is 17.3 Å². The predicted octanol–water partition coefficient (Wildman–Crippen LogP) is 2.84. The zero-order valence-corrected chi connectivity index (χ0v) is 11.4. The highest BCUT2D eigenvalue weighted by atomic mass is 16.4. The fourth-order valence-electron chi connectivity index (χ4n) is 4.09. The van der Waals surface area contributed by atoms with Gasteiger partial charge in [0.15, 0.2) is 0 Å². The number of carbonyl (C=O) groups is 1. The molecule has 0 bridgehead atoms. The SMILES string of the molecule is CC1(C)CCCC2C(CC(=O)O)C(CO)=CCC21. The van der Waals surface area contributed by atoms with E-state index < -0.39 is 5.97 Å². The van der Waals surface area contributed by atoms with Crippen molar-refractivity contribution < 1.29 is 15.0 Å². The minimum absolute atomic E-state index is 0.0155. The first-order chi connectivity index (χ1) is 8.45. The second-order valence-corrected chi connectivity index (χ2v) is 6.53. The van der Waals surface area contributed by atoms with Gasteiger partial charge in [-0.3, -0.25) is 4.79 Å². The highest BCUT2D eigenvalue weighted by Gasteiger charge is 2.44. The Morgan fingerprint density at radius 2 is 2.22 bits per heavy atom. The van der Waals surface area contributed by atoms with Gasteiger partial charge in [-0.1, -0.05) is 26.3 Å². The van der Waals surface area contributed by atoms with Crippen LogP contribution in [0, 0.1) is 23.2 Å². The molecule has 3 nitrogen and oxygen atoms in total. The summed E-state index contributed by atoms with van der Waals surface area (Å²) in [7, 11) is 0. The Balaban J connectivity index is 2.26. The topological polar surface area (TPSA) is 57.5 Å². The number of allylic oxidation sites excluding steroid dienone is 1. The van der Waals surface area contributed by atoms with Crippen LogP contribution in [0.5, 0.6) is 0 Å². The van der Waals surface area contributed by atoms with Crippen LogP contribution in [0.25, 0.3) is 0 Å². The van der Waals surface area contributed by atoms with Crippen molar-refractivity contribution in [1.82, 2.24) is 0 Å². The smallest absolute Gasteiger partial charge is 0.303 e. The first-order valence-electron chi connectivity index (χ1n) is 6.97. The molecule has 3 heteroatoms. The van der Waals surface area contributed by atoms with Gasteiger partial charge in [-0.15, -0.1) is 0 Å². The Morgan fingerprint density at radius 1 is 1.50 bits per heavy atom. The van der Waals surface area contributed by atoms with E-state index in [1.54, 1.807) is 0 Å². The van der Waals surface area contributed by atoms with E-state index in [0.717, 1.165) is 18.4 Å². The van der Waals surface area contributed by atoms with Crippen molar-refractivity contribution in [3.63, 3.8) is 0 Å². The molecule has 0 amide bonds. The number of aliphatic hydroxyl groups excluding tert-OH is 1. The van der Waals surface area contributed by atoms with E-state index in [-0.39, 0.29) is 18.9 Å². The number of carboxylic acid groups (broad SMARTS) is 1. The average molecular weight is 252 g/mol. The first kappa shape index (κ1) is 13.6. The van der Waals surface area contributed by atoms with Crippen molar-refractivity contribution in [1.29, 1.82) is 0 Å². The lowest BCUT2D eigenvalue weighted by Gasteiger charge is -2.49. The van der Waals surface area contributed by atoms with E-state index >= 15 is 0 Å². The highest BCUT2D eigenvalue weighted by molar-refractivity contribution is 5.67. The van der Waals surface area contributed by atoms with Crippen LogP contribution in [-0.2, 0) is 4.79 Å². The number of hydrogen-bond donors (Lipinski definition) is 2. The van der Waals surface area contributed by atoms with Gasteiger partial charge < -0.3 is 10.2 Å². The minimum Gasteiger partial charge on any atom is -0.481 e. The van der Waals surface area contributed by atoms with Crippen LogP contribution in [0.15, 0.2) is 11.6 Å². The molecule has 0 saturated heterocycles. The molecule has 3 unspecified atom stereocenters. The molecule has 18 heavy (non-hydrogen) atoms. The normalized spacial score (nSPS) is 34.6. The van der Waals surface area contributed by atoms with E-state index in [1.165, 1.54) is 12.8 Å². The number of rotatable bonds is 3. The molecule has 102 valence electrons. The maximum absolute atomic E-state index is 11.1. The van der Waals surface area contributed by atoms with E-state index in [1.807, 2.05) is 0 Å². The summed E-state index contributed by atoms with van der Waals surface area (Å²) in [6.07, 6.45) is 6.80. The lowest BCUT2D eigenvalue weighted by Crippen LogP contribution is -2.42. The molecule has 0 radical (unpaired) electrons. The Bertz CT molecular complexity index is 357. The molecule has 2 aliphatic carbocycles. The summed E-state index contributed by atoms with van der Waals surface area (Å²) >= 11 is 0. The van der Waals surface area contributed by atoms with E-state index in [9.17, 15) is 9.90 Å². The van der Waals surface area contributed by atoms with Crippen LogP contribution in [0.4, 0.5) is 0 Å². The predicted molar refractivity (Wildman–Crippen MR) is 70.1 cm³/mol. The maximum atomic E-state index is 11.1. The Labute approximate surface area is 109 Å². The quantitative estimate of drug-likeness (QED) is 0.759. The Morgan fingerprint density at radius 3 is 2.83 bits per heavy atom. The average Bonchev–Trinajstić information content (AvgIpc) is 2.29. The maximum Gasteiger partial charge on any atom is 0.303 e. The van der Waals surface area contributed by atoms with Gasteiger partial charge in [-0.2, -0.15) is 0 Å². The van der Waals surface area contributed by atoms with Crippen LogP contribution in [0.1, 0.15) is 46.0 Å². The van der Waals surface area contributed by atoms with E-state index in [2.05, 4.69) is 19.9 Å². The molecule has 0 aliphatic heterocycles. The Hall–Kier alpha value is -0.830. The summed E-state index contributed by atoms with van der Waals surface area (Å²) in [5.41, 5.74) is 1.26. The summed E-state index contributed by atoms with van der Waals surface area (Å²) in [6.45, 7) is 4.63. The second-order valence-electron chi connectivity index (χ2n) is 6.53. The molecule has 0 heterocycles. The molecule has 2 rings (SSSR count). The second kappa shape index (κ2) is 5.04. The fraction of sp³-hybridized carbons (Fsp3) is 0.800. The molecule has 0 aromatic carbocycles. The summed E-state index contributed by atoms with van der Waals surface area (Å²) in [6, 6.07) is 0. The van der Waals surface area contributed by atoms with Gasteiger partial charge in [0.1, 0.15) is 0 Å². The third-order valence-electron chi connectivity index (χ3n) is 5.08. The van der Waals surface area contributed by atoms with Crippen molar-refractivity contribution in [2.75, 3.05) is 6.61 Å². The van der Waals surface area contributed by atoms with E-state index in [4.69, 9.17) is 5.11 Å². The third kappa shape index (κ3) is 2.46. The van der Waals surface area contributed by atoms with Crippen LogP contribution in [-0.4, -0.2) is 22.8 Å². The van der Waals surface area contributed by atoms with Gasteiger partial charge >= 0.3 is 5.97 Å². The standard InChI is InChI=1S/C15H24O3/c1-15(2)7-3-4-11-12(8-14(17)18)10(9-16)5-6-13(11)15/h5,11-13,16H,3-4,6-9H2,1-2H3,(H,17,18). The Kier molecular flexibility index (Phi) is 3.81. The summed E-state index contributed by atoms with van der Waals surface area (Å²) in [5.74, 6) is 0.317. The molecule has 2 N–H and O–H groups in total. The van der Waals surface area contributed by atoms with Crippen molar-refractivity contribution in [3.8, 4) is 0 Å². The molecule has 1 saturated carbocycles. The van der Waals surface area contributed by atoms with Crippen LogP contribution < -0.4 is 0 Å². The van der Waals surface area contributed by atoms with Gasteiger partial charge in [0, 0.05) is 0 Å². The van der Waals surface area contributed by atoms with Gasteiger partial charge in [0.05, 0.1) is 13.0 Å². The van der Waals surface area contributed by atoms with Crippen LogP contribution in [0.2, 0.25) is 0 Å². The molecular weight excluding hydrogens is 228 g/mol. The monoisotopic (exact) mass is 252 g/mol. The van der Waals surface area contributed by atoms with Crippen molar-refractivity contribution in [2.24, 2.45) is 23.2 Å². The number of aliphatic hydroxyl groups is 1. The summed E-state index contributed by atoms with van der Waals surface area (Å²) in [4.78, 5) is 11.1. The number of carboxylic acids is 1. The van der Waals surface area contributed by atoms with Gasteiger partial charge in [-0.25, -0.2) is 0 Å². The summed E-state index contributed by atoms with van der Waals surface area (Å²) < 4.78 is 0. The molecule has 0 aromatic heterocycles. The van der Waals surface area contributed by atoms with Crippen LogP contribution >= 0.6 is 0 Å². The number of aliphatic carboxylic acids is 1. The molecule has 3 atom stereocenters. The lowest BCUT2D eigenvalue weighted by atomic mass is 9.56. The summed E-state index contributed by atoms with van der Waals surface area (Å²) in [5, 5.41) is 18.5. The zero-order valence-electron chi connectivity index (χ0n) is 11.4. The largest absolute Gasteiger partial charge is 0.481 e. The molecule has 0 aromatic rings. The molecule has 1 fully saturated rings. The number of fused-ring (bicyclic) bond motifs is 1. The third-order valence-corrected chi connectivity index (χ3v) is 5.08. The van der Waals surface area contributed by atoms with Crippen molar-refractivity contribution >= 4 is 5.97 Å². The fourth-order valence-corrected chi connectivity index (χ4v) is 4.09. The lowest BCUT2D eigenvalue weighted by molar-refractivity contribution is -0.139. The van der Waals surface area contributed by atoms with Crippen molar-refractivity contribution in [2.45, 2.75) is 46.0 Å². The number of hydrogen-bond acceptors (Lipinski definition) is 2. The van der Waals surface area contributed by atoms with Gasteiger partial charge in [0.25, 0.3) is 0 Å². The minimum atomic E-state index is -0.747. The van der Waals surface area contributed by atoms with Gasteiger partial charge in [0.2, 0.25) is 0 Å². The molecule has 0 spiro atoms. The molecular formula is C15H24O3. The first-order valence-corrected chi connectivity index (χ1v) is 6.97. The van der Waals surface area contributed by atoms with Crippen LogP contribution in [0.3, 0.4) is 0 Å². The zero-order chi connectivity index (χ0) is 13.3. The highest BCUT2D eigenvalue weighted by Crippen LogP contribution is 2.52. The van der Waals surface area contributed by atoms with Gasteiger partial charge in [-0.05, 0) is 48.0 Å². The van der Waals surface area contributed by atoms with Crippen molar-refractivity contribution in [3.05, 3.63) is 11.6 Å². The molecule has 2 aliphatic rings.